The molecule has 0 nitrogen and oxygen atoms in total. The number of hydrogen-bond donors (Lipinski definition) is 0. The Morgan fingerprint density at radius 1 is 1.43 bits per heavy atom. The SMILES string of the molecule is C[C](F)C(C)(F)F. The lowest BCUT2D eigenvalue weighted by Gasteiger charge is -2.07. The van der Waals surface area contributed by atoms with E-state index in [9.17, 15) is 13.2 Å². The lowest BCUT2D eigenvalue weighted by Crippen LogP contribution is -2.14. The fourth-order valence-electron chi connectivity index (χ4n) is 0. The van der Waals surface area contributed by atoms with E-state index in [-0.39, 0.29) is 0 Å². The molecule has 3 heteroatoms. The second-order valence-electron chi connectivity index (χ2n) is 1.42. The Kier molecular flexibility index (Phi) is 1.67. The predicted molar refractivity (Wildman–Crippen MR) is 20.6 cm³/mol. The summed E-state index contributed by atoms with van der Waals surface area (Å²) < 4.78 is 34.2. The Morgan fingerprint density at radius 3 is 1.57 bits per heavy atom. The molecule has 0 atom stereocenters. The van der Waals surface area contributed by atoms with Crippen molar-refractivity contribution in [1.82, 2.24) is 0 Å². The summed E-state index contributed by atoms with van der Waals surface area (Å²) in [4.78, 5) is 0. The van der Waals surface area contributed by atoms with Crippen LogP contribution in [0.15, 0.2) is 0 Å². The van der Waals surface area contributed by atoms with Gasteiger partial charge in [0.2, 0.25) is 6.17 Å². The molecule has 0 aromatic carbocycles. The van der Waals surface area contributed by atoms with E-state index in [0.717, 1.165) is 6.92 Å². The molecule has 0 bridgehead atoms. The van der Waals surface area contributed by atoms with E-state index in [1.807, 2.05) is 0 Å². The smallest absolute Gasteiger partial charge is 0.234 e. The molecule has 0 aliphatic heterocycles. The summed E-state index contributed by atoms with van der Waals surface area (Å²) in [6, 6.07) is 0. The maximum atomic E-state index is 11.4. The number of hydrogen-bond acceptors (Lipinski definition) is 0. The second kappa shape index (κ2) is 1.72. The van der Waals surface area contributed by atoms with Crippen molar-refractivity contribution in [2.75, 3.05) is 0 Å². The van der Waals surface area contributed by atoms with Crippen LogP contribution in [0.3, 0.4) is 0 Å². The molecule has 0 N–H and O–H groups in total. The first-order chi connectivity index (χ1) is 2.94. The number of halogens is 3. The van der Waals surface area contributed by atoms with Crippen molar-refractivity contribution in [3.05, 3.63) is 6.17 Å². The highest BCUT2D eigenvalue weighted by atomic mass is 19.3. The van der Waals surface area contributed by atoms with Crippen molar-refractivity contribution in [2.24, 2.45) is 0 Å². The van der Waals surface area contributed by atoms with Crippen LogP contribution < -0.4 is 0 Å². The Bertz CT molecular complexity index is 52.4. The van der Waals surface area contributed by atoms with Crippen molar-refractivity contribution in [3.8, 4) is 0 Å². The quantitative estimate of drug-likeness (QED) is 0.486. The molecule has 0 aliphatic rings. The Balaban J connectivity index is 3.54. The highest BCUT2D eigenvalue weighted by Gasteiger charge is 2.31. The zero-order chi connectivity index (χ0) is 6.08. The molecule has 0 unspecified atom stereocenters. The standard InChI is InChI=1S/C4H6F3/c1-3(5)4(2,6)7/h1-2H3. The summed E-state index contributed by atoms with van der Waals surface area (Å²) in [5.74, 6) is -3.25. The van der Waals surface area contributed by atoms with Gasteiger partial charge in [-0.25, -0.2) is 13.2 Å². The van der Waals surface area contributed by atoms with Crippen LogP contribution in [0.25, 0.3) is 0 Å². The summed E-state index contributed by atoms with van der Waals surface area (Å²) in [6.45, 7) is 1.27. The van der Waals surface area contributed by atoms with Crippen molar-refractivity contribution >= 4 is 0 Å². The van der Waals surface area contributed by atoms with Crippen LogP contribution in [0.5, 0.6) is 0 Å². The average Bonchev–Trinajstić information content (AvgIpc) is 1.31. The van der Waals surface area contributed by atoms with E-state index in [1.165, 1.54) is 0 Å². The Hall–Kier alpha value is -0.210. The minimum Gasteiger partial charge on any atom is -0.234 e. The summed E-state index contributed by atoms with van der Waals surface area (Å²) in [7, 11) is 0. The molecule has 0 fully saturated rings. The third kappa shape index (κ3) is 2.48. The molecule has 0 aromatic rings. The molecule has 0 aromatic heterocycles. The van der Waals surface area contributed by atoms with Gasteiger partial charge in [0, 0.05) is 6.92 Å². The predicted octanol–water partition coefficient (Wildman–Crippen LogP) is 2.16. The largest absolute Gasteiger partial charge is 0.281 e. The fraction of sp³-hybridized carbons (Fsp3) is 0.750. The Morgan fingerprint density at radius 2 is 1.57 bits per heavy atom. The fourth-order valence-corrected chi connectivity index (χ4v) is 0. The van der Waals surface area contributed by atoms with Gasteiger partial charge in [-0.05, 0) is 6.92 Å². The minimum absolute atomic E-state index is 0.516. The molecule has 43 valence electrons. The normalized spacial score (nSPS) is 12.9. The summed E-state index contributed by atoms with van der Waals surface area (Å²) in [6.07, 6.45) is -1.34. The highest BCUT2D eigenvalue weighted by molar-refractivity contribution is 4.83. The Labute approximate surface area is 40.3 Å². The zero-order valence-corrected chi connectivity index (χ0v) is 4.13. The van der Waals surface area contributed by atoms with Crippen LogP contribution in [0, 0.1) is 6.17 Å². The summed E-state index contributed by atoms with van der Waals surface area (Å²) >= 11 is 0. The van der Waals surface area contributed by atoms with Crippen molar-refractivity contribution < 1.29 is 13.2 Å². The van der Waals surface area contributed by atoms with Gasteiger partial charge in [-0.3, -0.25) is 0 Å². The third-order valence-electron chi connectivity index (χ3n) is 0.605. The van der Waals surface area contributed by atoms with Crippen LogP contribution in [0.4, 0.5) is 13.2 Å². The van der Waals surface area contributed by atoms with E-state index in [1.54, 1.807) is 0 Å². The number of alkyl halides is 2. The van der Waals surface area contributed by atoms with Crippen molar-refractivity contribution in [3.63, 3.8) is 0 Å². The summed E-state index contributed by atoms with van der Waals surface area (Å²) in [5.41, 5.74) is 0. The first-order valence-corrected chi connectivity index (χ1v) is 1.82. The lowest BCUT2D eigenvalue weighted by molar-refractivity contribution is 0.00456. The molecule has 0 amide bonds. The van der Waals surface area contributed by atoms with E-state index in [4.69, 9.17) is 0 Å². The molecule has 7 heavy (non-hydrogen) atoms. The van der Waals surface area contributed by atoms with Crippen LogP contribution in [0.2, 0.25) is 0 Å². The maximum absolute atomic E-state index is 11.4. The number of rotatable bonds is 1. The van der Waals surface area contributed by atoms with Gasteiger partial charge < -0.3 is 0 Å². The zero-order valence-electron chi connectivity index (χ0n) is 4.13. The van der Waals surface area contributed by atoms with E-state index < -0.39 is 12.1 Å². The molecule has 1 radical (unpaired) electrons. The van der Waals surface area contributed by atoms with Gasteiger partial charge in [-0.15, -0.1) is 0 Å². The lowest BCUT2D eigenvalue weighted by atomic mass is 10.3. The topological polar surface area (TPSA) is 0 Å². The molecule has 0 heterocycles. The molecule has 0 aliphatic carbocycles. The van der Waals surface area contributed by atoms with Gasteiger partial charge in [0.1, 0.15) is 0 Å². The monoisotopic (exact) mass is 111 g/mol. The molecule has 0 saturated heterocycles. The summed E-state index contributed by atoms with van der Waals surface area (Å²) in [5, 5.41) is 0. The van der Waals surface area contributed by atoms with E-state index >= 15 is 0 Å². The minimum atomic E-state index is -3.25. The van der Waals surface area contributed by atoms with Gasteiger partial charge in [-0.1, -0.05) is 0 Å². The van der Waals surface area contributed by atoms with Crippen molar-refractivity contribution in [1.29, 1.82) is 0 Å². The van der Waals surface area contributed by atoms with Gasteiger partial charge in [0.05, 0.1) is 0 Å². The molecular formula is C4H6F3. The van der Waals surface area contributed by atoms with Crippen LogP contribution >= 0.6 is 0 Å². The van der Waals surface area contributed by atoms with Gasteiger partial charge >= 0.3 is 0 Å². The van der Waals surface area contributed by atoms with Crippen LogP contribution in [0.1, 0.15) is 13.8 Å². The first-order valence-electron chi connectivity index (χ1n) is 1.82. The van der Waals surface area contributed by atoms with Crippen LogP contribution in [-0.2, 0) is 0 Å². The van der Waals surface area contributed by atoms with E-state index in [0.29, 0.717) is 6.92 Å². The highest BCUT2D eigenvalue weighted by Crippen LogP contribution is 2.25. The second-order valence-corrected chi connectivity index (χ2v) is 1.42. The van der Waals surface area contributed by atoms with Gasteiger partial charge in [0.25, 0.3) is 5.92 Å². The van der Waals surface area contributed by atoms with Gasteiger partial charge in [0.15, 0.2) is 0 Å². The maximum Gasteiger partial charge on any atom is 0.281 e. The van der Waals surface area contributed by atoms with Crippen molar-refractivity contribution in [2.45, 2.75) is 19.8 Å². The molecule has 0 rings (SSSR count). The molecular weight excluding hydrogens is 105 g/mol. The van der Waals surface area contributed by atoms with Gasteiger partial charge in [-0.2, -0.15) is 0 Å². The molecule has 0 spiro atoms. The van der Waals surface area contributed by atoms with E-state index in [2.05, 4.69) is 0 Å². The first kappa shape index (κ1) is 6.79. The molecule has 0 saturated carbocycles. The third-order valence-corrected chi connectivity index (χ3v) is 0.605. The van der Waals surface area contributed by atoms with Crippen LogP contribution in [-0.4, -0.2) is 5.92 Å². The average molecular weight is 111 g/mol.